The Morgan fingerprint density at radius 1 is 1.22 bits per heavy atom. The first kappa shape index (κ1) is 22.3. The average molecular weight is 469 g/mol. The lowest BCUT2D eigenvalue weighted by atomic mass is 10.2. The number of aromatic nitrogens is 3. The van der Waals surface area contributed by atoms with Crippen molar-refractivity contribution in [3.8, 4) is 0 Å². The molecule has 8 heteroatoms. The fourth-order valence-corrected chi connectivity index (χ4v) is 4.59. The first-order valence-electron chi connectivity index (χ1n) is 10.2. The summed E-state index contributed by atoms with van der Waals surface area (Å²) in [5, 5.41) is 4.26. The number of carbonyl (C=O) groups is 1. The lowest BCUT2D eigenvalue weighted by molar-refractivity contribution is -0.119. The van der Waals surface area contributed by atoms with Gasteiger partial charge in [-0.2, -0.15) is 0 Å². The van der Waals surface area contributed by atoms with E-state index in [1.54, 1.807) is 24.4 Å². The van der Waals surface area contributed by atoms with Crippen LogP contribution in [0.3, 0.4) is 0 Å². The maximum absolute atomic E-state index is 13.3. The van der Waals surface area contributed by atoms with Crippen LogP contribution in [0.25, 0.3) is 11.2 Å². The highest BCUT2D eigenvalue weighted by Crippen LogP contribution is 2.31. The fraction of sp³-hybridized carbons (Fsp3) is 0.208. The first-order valence-corrected chi connectivity index (χ1v) is 11.6. The van der Waals surface area contributed by atoms with Gasteiger partial charge in [0.05, 0.1) is 0 Å². The van der Waals surface area contributed by atoms with E-state index in [0.717, 1.165) is 16.6 Å². The van der Waals surface area contributed by atoms with Crippen LogP contribution in [-0.4, -0.2) is 20.4 Å². The van der Waals surface area contributed by atoms with Crippen molar-refractivity contribution in [1.82, 2.24) is 14.5 Å². The van der Waals surface area contributed by atoms with Crippen molar-refractivity contribution in [1.29, 1.82) is 0 Å². The molecule has 1 amide bonds. The number of hydrogen-bond donors (Lipinski definition) is 1. The number of fused-ring (bicyclic) bond motifs is 1. The van der Waals surface area contributed by atoms with E-state index in [9.17, 15) is 9.18 Å². The van der Waals surface area contributed by atoms with Crippen LogP contribution >= 0.6 is 23.4 Å². The molecule has 0 aliphatic carbocycles. The monoisotopic (exact) mass is 468 g/mol. The van der Waals surface area contributed by atoms with Gasteiger partial charge in [-0.25, -0.2) is 14.4 Å². The second-order valence-corrected chi connectivity index (χ2v) is 8.75. The minimum absolute atomic E-state index is 0.166. The molecule has 2 heterocycles. The molecule has 0 radical (unpaired) electrons. The number of pyridine rings is 1. The molecule has 0 bridgehead atoms. The number of benzene rings is 2. The smallest absolute Gasteiger partial charge is 0.247 e. The number of thioether (sulfide) groups is 1. The van der Waals surface area contributed by atoms with Gasteiger partial charge in [-0.15, -0.1) is 0 Å². The number of imidazole rings is 1. The van der Waals surface area contributed by atoms with Gasteiger partial charge in [-0.05, 0) is 60.9 Å². The summed E-state index contributed by atoms with van der Waals surface area (Å²) in [5.41, 5.74) is 3.93. The summed E-state index contributed by atoms with van der Waals surface area (Å²) in [4.78, 5) is 22.5. The Balaban J connectivity index is 1.65. The van der Waals surface area contributed by atoms with Crippen LogP contribution in [0, 0.1) is 12.7 Å². The van der Waals surface area contributed by atoms with Crippen molar-refractivity contribution < 1.29 is 9.18 Å². The average Bonchev–Trinajstić information content (AvgIpc) is 3.15. The predicted octanol–water partition coefficient (Wildman–Crippen LogP) is 6.41. The van der Waals surface area contributed by atoms with Crippen LogP contribution < -0.4 is 5.32 Å². The molecule has 4 rings (SSSR count). The Hall–Kier alpha value is -2.90. The lowest BCUT2D eigenvalue weighted by Crippen LogP contribution is -2.26. The molecule has 0 unspecified atom stereocenters. The summed E-state index contributed by atoms with van der Waals surface area (Å²) in [5.74, 6) is 0.157. The van der Waals surface area contributed by atoms with E-state index in [2.05, 4.69) is 10.3 Å². The molecule has 2 aromatic heterocycles. The van der Waals surface area contributed by atoms with E-state index in [-0.39, 0.29) is 11.7 Å². The number of nitrogens with one attached hydrogen (secondary N) is 1. The van der Waals surface area contributed by atoms with E-state index in [1.807, 2.05) is 42.7 Å². The zero-order valence-corrected chi connectivity index (χ0v) is 19.3. The van der Waals surface area contributed by atoms with Crippen molar-refractivity contribution in [3.63, 3.8) is 0 Å². The highest BCUT2D eigenvalue weighted by atomic mass is 35.5. The number of aryl methyl sites for hydroxylation is 1. The lowest BCUT2D eigenvalue weighted by Gasteiger charge is -2.19. The van der Waals surface area contributed by atoms with Gasteiger partial charge in [0.1, 0.15) is 17.4 Å². The van der Waals surface area contributed by atoms with Gasteiger partial charge < -0.3 is 5.32 Å². The van der Waals surface area contributed by atoms with Crippen molar-refractivity contribution in [3.05, 3.63) is 82.8 Å². The molecule has 0 saturated carbocycles. The minimum Gasteiger partial charge on any atom is -0.324 e. The van der Waals surface area contributed by atoms with Crippen molar-refractivity contribution >= 4 is 46.1 Å². The Labute approximate surface area is 195 Å². The van der Waals surface area contributed by atoms with Crippen LogP contribution in [0.4, 0.5) is 10.1 Å². The number of carbonyl (C=O) groups excluding carboxylic acids is 1. The van der Waals surface area contributed by atoms with Crippen molar-refractivity contribution in [2.45, 2.75) is 37.2 Å². The van der Waals surface area contributed by atoms with Crippen molar-refractivity contribution in [2.24, 2.45) is 0 Å². The third-order valence-corrected chi connectivity index (χ3v) is 6.57. The molecule has 1 atom stereocenters. The second kappa shape index (κ2) is 9.71. The van der Waals surface area contributed by atoms with Crippen LogP contribution in [0.5, 0.6) is 0 Å². The molecule has 0 spiro atoms. The standard InChI is InChI=1S/C24H22ClFN4OS/c1-3-21(23(31)28-18-11-6-15(2)19(25)13-18)30-22-20(5-4-12-27-22)29-24(30)32-14-16-7-9-17(26)10-8-16/h4-13,21H,3,14H2,1-2H3,(H,28,31)/t21-/m1/s1. The summed E-state index contributed by atoms with van der Waals surface area (Å²) >= 11 is 7.71. The van der Waals surface area contributed by atoms with Gasteiger partial charge >= 0.3 is 0 Å². The van der Waals surface area contributed by atoms with Crippen LogP contribution in [0.2, 0.25) is 5.02 Å². The molecule has 0 fully saturated rings. The summed E-state index contributed by atoms with van der Waals surface area (Å²) < 4.78 is 15.1. The molecule has 2 aromatic carbocycles. The molecule has 5 nitrogen and oxygen atoms in total. The third-order valence-electron chi connectivity index (χ3n) is 5.14. The number of halogens is 2. The summed E-state index contributed by atoms with van der Waals surface area (Å²) in [7, 11) is 0. The molecule has 4 aromatic rings. The summed E-state index contributed by atoms with van der Waals surface area (Å²) in [6.45, 7) is 3.87. The first-order chi connectivity index (χ1) is 15.5. The zero-order chi connectivity index (χ0) is 22.7. The molecular weight excluding hydrogens is 447 g/mol. The van der Waals surface area contributed by atoms with E-state index in [4.69, 9.17) is 16.6 Å². The molecule has 32 heavy (non-hydrogen) atoms. The van der Waals surface area contributed by atoms with Crippen LogP contribution in [0.15, 0.2) is 66.0 Å². The van der Waals surface area contributed by atoms with Gasteiger partial charge in [-0.1, -0.05) is 48.5 Å². The highest BCUT2D eigenvalue weighted by molar-refractivity contribution is 7.98. The van der Waals surface area contributed by atoms with Gasteiger partial charge in [0, 0.05) is 22.7 Å². The number of nitrogens with zero attached hydrogens (tertiary/aromatic N) is 3. The van der Waals surface area contributed by atoms with Crippen molar-refractivity contribution in [2.75, 3.05) is 5.32 Å². The van der Waals surface area contributed by atoms with E-state index in [1.165, 1.54) is 23.9 Å². The number of hydrogen-bond acceptors (Lipinski definition) is 4. The molecule has 0 saturated heterocycles. The maximum Gasteiger partial charge on any atom is 0.247 e. The molecule has 0 aliphatic heterocycles. The molecule has 1 N–H and O–H groups in total. The molecule has 164 valence electrons. The van der Waals surface area contributed by atoms with Gasteiger partial charge in [0.25, 0.3) is 0 Å². The zero-order valence-electron chi connectivity index (χ0n) is 17.7. The van der Waals surface area contributed by atoms with Crippen LogP contribution in [-0.2, 0) is 10.5 Å². The Bertz CT molecular complexity index is 1260. The van der Waals surface area contributed by atoms with Crippen LogP contribution in [0.1, 0.15) is 30.5 Å². The fourth-order valence-electron chi connectivity index (χ4n) is 3.40. The van der Waals surface area contributed by atoms with Gasteiger partial charge in [-0.3, -0.25) is 9.36 Å². The molecule has 0 aliphatic rings. The van der Waals surface area contributed by atoms with E-state index >= 15 is 0 Å². The largest absolute Gasteiger partial charge is 0.324 e. The quantitative estimate of drug-likeness (QED) is 0.318. The third kappa shape index (κ3) is 4.79. The number of amides is 1. The SMILES string of the molecule is CC[C@H](C(=O)Nc1ccc(C)c(Cl)c1)n1c(SCc2ccc(F)cc2)nc2cccnc21. The minimum atomic E-state index is -0.509. The number of rotatable bonds is 7. The van der Waals surface area contributed by atoms with Gasteiger partial charge in [0.2, 0.25) is 5.91 Å². The molecular formula is C24H22ClFN4OS. The normalized spacial score (nSPS) is 12.1. The van der Waals surface area contributed by atoms with E-state index < -0.39 is 6.04 Å². The Kier molecular flexibility index (Phi) is 6.77. The highest BCUT2D eigenvalue weighted by Gasteiger charge is 2.25. The Morgan fingerprint density at radius 2 is 2.00 bits per heavy atom. The summed E-state index contributed by atoms with van der Waals surface area (Å²) in [6.07, 6.45) is 2.25. The number of anilines is 1. The predicted molar refractivity (Wildman–Crippen MR) is 128 cm³/mol. The topological polar surface area (TPSA) is 59.8 Å². The summed E-state index contributed by atoms with van der Waals surface area (Å²) in [6, 6.07) is 15.0. The maximum atomic E-state index is 13.3. The Morgan fingerprint density at radius 3 is 2.72 bits per heavy atom. The van der Waals surface area contributed by atoms with Gasteiger partial charge in [0.15, 0.2) is 10.8 Å². The second-order valence-electron chi connectivity index (χ2n) is 7.40. The van der Waals surface area contributed by atoms with E-state index in [0.29, 0.717) is 33.7 Å².